The zero-order valence-corrected chi connectivity index (χ0v) is 12.6. The van der Waals surface area contributed by atoms with Crippen LogP contribution in [0.1, 0.15) is 17.3 Å². The minimum atomic E-state index is -1.05. The van der Waals surface area contributed by atoms with Crippen LogP contribution in [0.3, 0.4) is 0 Å². The van der Waals surface area contributed by atoms with Crippen molar-refractivity contribution in [2.75, 3.05) is 38.0 Å². The van der Waals surface area contributed by atoms with Gasteiger partial charge in [-0.15, -0.1) is 0 Å². The number of carboxylic acid groups (broad SMARTS) is 1. The number of urea groups is 1. The lowest BCUT2D eigenvalue weighted by molar-refractivity contribution is 0.0697. The second kappa shape index (κ2) is 6.78. The molecule has 2 amide bonds. The molecular formula is C14H18ClN3O3. The summed E-state index contributed by atoms with van der Waals surface area (Å²) in [6.45, 7) is 6.14. The average molecular weight is 312 g/mol. The van der Waals surface area contributed by atoms with Crippen LogP contribution in [-0.4, -0.2) is 59.6 Å². The third-order valence-electron chi connectivity index (χ3n) is 3.56. The Morgan fingerprint density at radius 2 is 1.95 bits per heavy atom. The van der Waals surface area contributed by atoms with Gasteiger partial charge in [-0.1, -0.05) is 18.5 Å². The van der Waals surface area contributed by atoms with E-state index in [1.165, 1.54) is 18.2 Å². The highest BCUT2D eigenvalue weighted by molar-refractivity contribution is 6.34. The molecule has 0 atom stereocenters. The molecule has 0 aromatic heterocycles. The SMILES string of the molecule is CCN1CCN(C(=O)Nc2ccc(C(=O)O)cc2Cl)CC1. The summed E-state index contributed by atoms with van der Waals surface area (Å²) in [6, 6.07) is 4.04. The number of nitrogens with one attached hydrogen (secondary N) is 1. The molecule has 1 aromatic rings. The second-order valence-electron chi connectivity index (χ2n) is 4.85. The molecule has 0 spiro atoms. The first-order chi connectivity index (χ1) is 10.0. The Labute approximate surface area is 128 Å². The number of anilines is 1. The van der Waals surface area contributed by atoms with E-state index in [-0.39, 0.29) is 16.6 Å². The van der Waals surface area contributed by atoms with Gasteiger partial charge in [0.15, 0.2) is 0 Å². The van der Waals surface area contributed by atoms with E-state index in [0.717, 1.165) is 19.6 Å². The fourth-order valence-corrected chi connectivity index (χ4v) is 2.44. The average Bonchev–Trinajstić information content (AvgIpc) is 2.49. The summed E-state index contributed by atoms with van der Waals surface area (Å²) in [5.74, 6) is -1.05. The highest BCUT2D eigenvalue weighted by Gasteiger charge is 2.20. The predicted octanol–water partition coefficient (Wildman–Crippen LogP) is 2.21. The molecule has 7 heteroatoms. The lowest BCUT2D eigenvalue weighted by atomic mass is 10.2. The molecule has 0 radical (unpaired) electrons. The maximum absolute atomic E-state index is 12.2. The Kier molecular flexibility index (Phi) is 5.03. The molecule has 1 aliphatic heterocycles. The molecule has 0 saturated carbocycles. The molecule has 1 aliphatic rings. The van der Waals surface area contributed by atoms with Gasteiger partial charge in [-0.3, -0.25) is 0 Å². The molecule has 1 heterocycles. The molecule has 0 unspecified atom stereocenters. The van der Waals surface area contributed by atoms with E-state index in [1.54, 1.807) is 4.90 Å². The standard InChI is InChI=1S/C14H18ClN3O3/c1-2-17-5-7-18(8-6-17)14(21)16-12-4-3-10(13(19)20)9-11(12)15/h3-4,9H,2,5-8H2,1H3,(H,16,21)(H,19,20). The number of carboxylic acids is 1. The zero-order valence-electron chi connectivity index (χ0n) is 11.8. The molecule has 114 valence electrons. The van der Waals surface area contributed by atoms with Gasteiger partial charge in [-0.2, -0.15) is 0 Å². The van der Waals surface area contributed by atoms with Crippen molar-refractivity contribution < 1.29 is 14.7 Å². The van der Waals surface area contributed by atoms with E-state index in [1.807, 2.05) is 0 Å². The number of hydrogen-bond donors (Lipinski definition) is 2. The van der Waals surface area contributed by atoms with Crippen LogP contribution in [0.15, 0.2) is 18.2 Å². The van der Waals surface area contributed by atoms with Crippen LogP contribution in [0.4, 0.5) is 10.5 Å². The molecular weight excluding hydrogens is 294 g/mol. The van der Waals surface area contributed by atoms with Crippen molar-refractivity contribution in [2.45, 2.75) is 6.92 Å². The van der Waals surface area contributed by atoms with Crippen LogP contribution < -0.4 is 5.32 Å². The molecule has 2 rings (SSSR count). The van der Waals surface area contributed by atoms with Crippen LogP contribution in [0.5, 0.6) is 0 Å². The van der Waals surface area contributed by atoms with Crippen LogP contribution >= 0.6 is 11.6 Å². The molecule has 1 saturated heterocycles. The topological polar surface area (TPSA) is 72.9 Å². The van der Waals surface area contributed by atoms with Crippen LogP contribution in [0.25, 0.3) is 0 Å². The van der Waals surface area contributed by atoms with Crippen molar-refractivity contribution in [2.24, 2.45) is 0 Å². The first-order valence-electron chi connectivity index (χ1n) is 6.82. The summed E-state index contributed by atoms with van der Waals surface area (Å²) >= 11 is 6.00. The van der Waals surface area contributed by atoms with Gasteiger partial charge in [0, 0.05) is 26.2 Å². The van der Waals surface area contributed by atoms with Crippen LogP contribution in [-0.2, 0) is 0 Å². The lowest BCUT2D eigenvalue weighted by Gasteiger charge is -2.34. The van der Waals surface area contributed by atoms with Crippen molar-refractivity contribution in [3.8, 4) is 0 Å². The monoisotopic (exact) mass is 311 g/mol. The Hall–Kier alpha value is -1.79. The van der Waals surface area contributed by atoms with Crippen molar-refractivity contribution in [3.63, 3.8) is 0 Å². The molecule has 1 fully saturated rings. The van der Waals surface area contributed by atoms with Crippen molar-refractivity contribution in [1.82, 2.24) is 9.80 Å². The van der Waals surface area contributed by atoms with Gasteiger partial charge in [0.2, 0.25) is 0 Å². The number of carbonyl (C=O) groups is 2. The van der Waals surface area contributed by atoms with E-state index < -0.39 is 5.97 Å². The van der Waals surface area contributed by atoms with E-state index in [4.69, 9.17) is 16.7 Å². The predicted molar refractivity (Wildman–Crippen MR) is 81.1 cm³/mol. The number of aromatic carboxylic acids is 1. The fraction of sp³-hybridized carbons (Fsp3) is 0.429. The van der Waals surface area contributed by atoms with Crippen molar-refractivity contribution in [1.29, 1.82) is 0 Å². The number of hydrogen-bond acceptors (Lipinski definition) is 3. The van der Waals surface area contributed by atoms with Crippen LogP contribution in [0.2, 0.25) is 5.02 Å². The number of carbonyl (C=O) groups excluding carboxylic acids is 1. The van der Waals surface area contributed by atoms with Crippen molar-refractivity contribution in [3.05, 3.63) is 28.8 Å². The van der Waals surface area contributed by atoms with E-state index >= 15 is 0 Å². The molecule has 0 bridgehead atoms. The number of nitrogens with zero attached hydrogens (tertiary/aromatic N) is 2. The molecule has 0 aliphatic carbocycles. The van der Waals surface area contributed by atoms with E-state index in [9.17, 15) is 9.59 Å². The van der Waals surface area contributed by atoms with Crippen molar-refractivity contribution >= 4 is 29.3 Å². The first-order valence-corrected chi connectivity index (χ1v) is 7.20. The number of rotatable bonds is 3. The second-order valence-corrected chi connectivity index (χ2v) is 5.26. The smallest absolute Gasteiger partial charge is 0.335 e. The maximum atomic E-state index is 12.2. The minimum absolute atomic E-state index is 0.0922. The van der Waals surface area contributed by atoms with Gasteiger partial charge >= 0.3 is 12.0 Å². The quantitative estimate of drug-likeness (QED) is 0.897. The van der Waals surface area contributed by atoms with E-state index in [2.05, 4.69) is 17.1 Å². The maximum Gasteiger partial charge on any atom is 0.335 e. The van der Waals surface area contributed by atoms with Gasteiger partial charge in [0.25, 0.3) is 0 Å². The number of benzene rings is 1. The summed E-state index contributed by atoms with van der Waals surface area (Å²) in [4.78, 5) is 27.0. The summed E-state index contributed by atoms with van der Waals surface area (Å²) < 4.78 is 0. The fourth-order valence-electron chi connectivity index (χ4n) is 2.21. The van der Waals surface area contributed by atoms with Crippen LogP contribution in [0, 0.1) is 0 Å². The molecule has 6 nitrogen and oxygen atoms in total. The Morgan fingerprint density at radius 3 is 2.48 bits per heavy atom. The molecule has 1 aromatic carbocycles. The minimum Gasteiger partial charge on any atom is -0.478 e. The van der Waals surface area contributed by atoms with Gasteiger partial charge in [-0.05, 0) is 24.7 Å². The highest BCUT2D eigenvalue weighted by Crippen LogP contribution is 2.23. The molecule has 21 heavy (non-hydrogen) atoms. The summed E-state index contributed by atoms with van der Waals surface area (Å²) in [5.41, 5.74) is 0.513. The Morgan fingerprint density at radius 1 is 1.29 bits per heavy atom. The third kappa shape index (κ3) is 3.86. The summed E-state index contributed by atoms with van der Waals surface area (Å²) in [7, 11) is 0. The number of amides is 2. The third-order valence-corrected chi connectivity index (χ3v) is 3.88. The largest absolute Gasteiger partial charge is 0.478 e. The van der Waals surface area contributed by atoms with Gasteiger partial charge in [0.05, 0.1) is 16.3 Å². The lowest BCUT2D eigenvalue weighted by Crippen LogP contribution is -2.49. The van der Waals surface area contributed by atoms with Gasteiger partial charge in [-0.25, -0.2) is 9.59 Å². The number of halogens is 1. The molecule has 2 N–H and O–H groups in total. The zero-order chi connectivity index (χ0) is 15.4. The number of likely N-dealkylation sites (N-methyl/N-ethyl adjacent to an activating group) is 1. The highest BCUT2D eigenvalue weighted by atomic mass is 35.5. The van der Waals surface area contributed by atoms with Gasteiger partial charge in [0.1, 0.15) is 0 Å². The Bertz CT molecular complexity index is 542. The number of piperazine rings is 1. The Balaban J connectivity index is 1.98. The summed E-state index contributed by atoms with van der Waals surface area (Å²) in [5, 5.41) is 11.8. The normalized spacial score (nSPS) is 15.8. The summed E-state index contributed by atoms with van der Waals surface area (Å²) in [6.07, 6.45) is 0. The van der Waals surface area contributed by atoms with E-state index in [0.29, 0.717) is 18.8 Å². The van der Waals surface area contributed by atoms with Gasteiger partial charge < -0.3 is 20.2 Å². The first kappa shape index (κ1) is 15.6.